The Bertz CT molecular complexity index is 1010. The fraction of sp³-hybridized carbons (Fsp3) is 0.0455. The molecule has 138 valence electrons. The van der Waals surface area contributed by atoms with E-state index in [9.17, 15) is 14.4 Å². The first kappa shape index (κ1) is 17.5. The van der Waals surface area contributed by atoms with Crippen molar-refractivity contribution in [3.8, 4) is 5.75 Å². The van der Waals surface area contributed by atoms with Crippen molar-refractivity contribution in [2.24, 2.45) is 0 Å². The first-order valence-corrected chi connectivity index (χ1v) is 8.69. The molecule has 3 aromatic rings. The summed E-state index contributed by atoms with van der Waals surface area (Å²) in [5, 5.41) is 0.743. The zero-order valence-electron chi connectivity index (χ0n) is 14.8. The molecule has 0 fully saturated rings. The van der Waals surface area contributed by atoms with Crippen LogP contribution in [0.25, 0.3) is 0 Å². The number of hydrogen-bond donors (Lipinski definition) is 1. The molecule has 0 aliphatic carbocycles. The molecule has 0 aromatic heterocycles. The van der Waals surface area contributed by atoms with Gasteiger partial charge in [-0.3, -0.25) is 19.8 Å². The maximum Gasteiger partial charge on any atom is 0.280 e. The molecule has 0 unspecified atom stereocenters. The second-order valence-electron chi connectivity index (χ2n) is 6.23. The summed E-state index contributed by atoms with van der Waals surface area (Å²) in [7, 11) is 0. The maximum atomic E-state index is 12.4. The van der Waals surface area contributed by atoms with Crippen LogP contribution in [0.15, 0.2) is 78.9 Å². The Hall–Kier alpha value is -3.93. The lowest BCUT2D eigenvalue weighted by Crippen LogP contribution is -2.45. The van der Waals surface area contributed by atoms with E-state index < -0.39 is 17.7 Å². The molecule has 0 bridgehead atoms. The van der Waals surface area contributed by atoms with Crippen LogP contribution in [-0.4, -0.2) is 22.7 Å². The molecule has 1 aliphatic heterocycles. The smallest absolute Gasteiger partial charge is 0.280 e. The standard InChI is InChI=1S/C22H16N2O4/c25-20(23-24-21(26)18-8-4-5-9-19(18)22(24)27)16-10-12-17(13-11-16)28-14-15-6-2-1-3-7-15/h1-13H,14H2,(H,23,25). The van der Waals surface area contributed by atoms with E-state index in [-0.39, 0.29) is 11.1 Å². The number of nitrogens with zero attached hydrogens (tertiary/aromatic N) is 1. The fourth-order valence-corrected chi connectivity index (χ4v) is 2.90. The van der Waals surface area contributed by atoms with Gasteiger partial charge in [0.1, 0.15) is 12.4 Å². The monoisotopic (exact) mass is 372 g/mol. The minimum Gasteiger partial charge on any atom is -0.489 e. The highest BCUT2D eigenvalue weighted by atomic mass is 16.5. The average Bonchev–Trinajstić information content (AvgIpc) is 2.98. The molecular weight excluding hydrogens is 356 g/mol. The minimum atomic E-state index is -0.552. The molecule has 0 atom stereocenters. The molecule has 6 heteroatoms. The van der Waals surface area contributed by atoms with Crippen molar-refractivity contribution in [2.45, 2.75) is 6.61 Å². The number of carbonyl (C=O) groups excluding carboxylic acids is 3. The summed E-state index contributed by atoms with van der Waals surface area (Å²) < 4.78 is 5.69. The zero-order valence-corrected chi connectivity index (χ0v) is 14.8. The van der Waals surface area contributed by atoms with E-state index in [1.54, 1.807) is 48.5 Å². The number of benzene rings is 3. The zero-order chi connectivity index (χ0) is 19.5. The van der Waals surface area contributed by atoms with Gasteiger partial charge in [0.25, 0.3) is 17.7 Å². The largest absolute Gasteiger partial charge is 0.489 e. The molecule has 0 spiro atoms. The number of imide groups is 1. The summed E-state index contributed by atoms with van der Waals surface area (Å²) in [6.07, 6.45) is 0. The summed E-state index contributed by atoms with van der Waals surface area (Å²) >= 11 is 0. The number of nitrogens with one attached hydrogen (secondary N) is 1. The first-order chi connectivity index (χ1) is 13.6. The molecule has 0 saturated heterocycles. The third-order valence-corrected chi connectivity index (χ3v) is 4.37. The van der Waals surface area contributed by atoms with Crippen molar-refractivity contribution in [1.29, 1.82) is 0 Å². The molecule has 6 nitrogen and oxygen atoms in total. The lowest BCUT2D eigenvalue weighted by molar-refractivity contribution is 0.0518. The van der Waals surface area contributed by atoms with Crippen LogP contribution in [0.3, 0.4) is 0 Å². The van der Waals surface area contributed by atoms with Gasteiger partial charge in [-0.15, -0.1) is 0 Å². The normalized spacial score (nSPS) is 12.6. The molecular formula is C22H16N2O4. The fourth-order valence-electron chi connectivity index (χ4n) is 2.90. The maximum absolute atomic E-state index is 12.4. The van der Waals surface area contributed by atoms with Gasteiger partial charge in [-0.05, 0) is 42.0 Å². The Morgan fingerprint density at radius 1 is 0.786 bits per heavy atom. The van der Waals surface area contributed by atoms with Gasteiger partial charge in [-0.25, -0.2) is 0 Å². The second kappa shape index (κ2) is 7.36. The Morgan fingerprint density at radius 3 is 1.96 bits per heavy atom. The predicted octanol–water partition coefficient (Wildman–Crippen LogP) is 3.21. The van der Waals surface area contributed by atoms with Gasteiger partial charge in [0.15, 0.2) is 0 Å². The minimum absolute atomic E-state index is 0.275. The Balaban J connectivity index is 1.40. The van der Waals surface area contributed by atoms with E-state index in [2.05, 4.69) is 5.43 Å². The van der Waals surface area contributed by atoms with Crippen molar-refractivity contribution >= 4 is 17.7 Å². The van der Waals surface area contributed by atoms with Crippen molar-refractivity contribution in [2.75, 3.05) is 0 Å². The summed E-state index contributed by atoms with van der Waals surface area (Å²) in [6, 6.07) is 22.7. The van der Waals surface area contributed by atoms with Gasteiger partial charge >= 0.3 is 0 Å². The average molecular weight is 372 g/mol. The summed E-state index contributed by atoms with van der Waals surface area (Å²) in [5.41, 5.74) is 4.27. The van der Waals surface area contributed by atoms with Crippen LogP contribution in [0.2, 0.25) is 0 Å². The van der Waals surface area contributed by atoms with Crippen molar-refractivity contribution in [3.63, 3.8) is 0 Å². The van der Waals surface area contributed by atoms with Gasteiger partial charge in [0, 0.05) is 5.56 Å². The van der Waals surface area contributed by atoms with Gasteiger partial charge in [0.2, 0.25) is 0 Å². The Morgan fingerprint density at radius 2 is 1.36 bits per heavy atom. The number of rotatable bonds is 5. The third-order valence-electron chi connectivity index (χ3n) is 4.37. The Kier molecular flexibility index (Phi) is 4.60. The summed E-state index contributed by atoms with van der Waals surface area (Å²) in [5.74, 6) is -1.03. The van der Waals surface area contributed by atoms with Gasteiger partial charge in [0.05, 0.1) is 11.1 Å². The molecule has 0 saturated carbocycles. The van der Waals surface area contributed by atoms with Crippen LogP contribution in [0.5, 0.6) is 5.75 Å². The topological polar surface area (TPSA) is 75.7 Å². The number of amides is 3. The number of hydrazine groups is 1. The number of carbonyl (C=O) groups is 3. The van der Waals surface area contributed by atoms with E-state index >= 15 is 0 Å². The SMILES string of the molecule is O=C(NN1C(=O)c2ccccc2C1=O)c1ccc(OCc2ccccc2)cc1. The highest BCUT2D eigenvalue weighted by molar-refractivity contribution is 6.22. The van der Waals surface area contributed by atoms with Crippen molar-refractivity contribution < 1.29 is 19.1 Å². The van der Waals surface area contributed by atoms with E-state index in [0.717, 1.165) is 10.6 Å². The molecule has 1 heterocycles. The molecule has 4 rings (SSSR count). The predicted molar refractivity (Wildman–Crippen MR) is 102 cm³/mol. The van der Waals surface area contributed by atoms with Crippen LogP contribution >= 0.6 is 0 Å². The molecule has 1 N–H and O–H groups in total. The Labute approximate surface area is 161 Å². The molecule has 28 heavy (non-hydrogen) atoms. The van der Waals surface area contributed by atoms with Crippen LogP contribution in [0, 0.1) is 0 Å². The quantitative estimate of drug-likeness (QED) is 0.698. The van der Waals surface area contributed by atoms with E-state index in [1.165, 1.54) is 0 Å². The molecule has 3 amide bonds. The highest BCUT2D eigenvalue weighted by Crippen LogP contribution is 2.21. The van der Waals surface area contributed by atoms with Crippen LogP contribution in [0.4, 0.5) is 0 Å². The van der Waals surface area contributed by atoms with Crippen LogP contribution in [0.1, 0.15) is 36.6 Å². The second-order valence-corrected chi connectivity index (χ2v) is 6.23. The van der Waals surface area contributed by atoms with Crippen molar-refractivity contribution in [3.05, 3.63) is 101 Å². The van der Waals surface area contributed by atoms with E-state index in [0.29, 0.717) is 17.9 Å². The van der Waals surface area contributed by atoms with Crippen molar-refractivity contribution in [1.82, 2.24) is 10.4 Å². The summed E-state index contributed by atoms with van der Waals surface area (Å²) in [6.45, 7) is 0.418. The van der Waals surface area contributed by atoms with E-state index in [1.807, 2.05) is 30.3 Å². The number of ether oxygens (including phenoxy) is 1. The van der Waals surface area contributed by atoms with Gasteiger partial charge in [-0.2, -0.15) is 5.01 Å². The van der Waals surface area contributed by atoms with Gasteiger partial charge in [-0.1, -0.05) is 42.5 Å². The summed E-state index contributed by atoms with van der Waals surface area (Å²) in [4.78, 5) is 37.1. The highest BCUT2D eigenvalue weighted by Gasteiger charge is 2.36. The van der Waals surface area contributed by atoms with E-state index in [4.69, 9.17) is 4.74 Å². The number of fused-ring (bicyclic) bond motifs is 1. The molecule has 3 aromatic carbocycles. The van der Waals surface area contributed by atoms with Crippen LogP contribution in [-0.2, 0) is 6.61 Å². The molecule has 1 aliphatic rings. The number of hydrogen-bond acceptors (Lipinski definition) is 4. The lowest BCUT2D eigenvalue weighted by Gasteiger charge is -2.15. The molecule has 0 radical (unpaired) electrons. The van der Waals surface area contributed by atoms with Crippen LogP contribution < -0.4 is 10.2 Å². The first-order valence-electron chi connectivity index (χ1n) is 8.69. The van der Waals surface area contributed by atoms with Gasteiger partial charge < -0.3 is 4.74 Å². The third kappa shape index (κ3) is 3.35. The lowest BCUT2D eigenvalue weighted by atomic mass is 10.1.